The Morgan fingerprint density at radius 2 is 2.18 bits per heavy atom. The summed E-state index contributed by atoms with van der Waals surface area (Å²) >= 11 is 0. The largest absolute Gasteiger partial charge is 0.353 e. The second kappa shape index (κ2) is 2.81. The molecule has 0 bridgehead atoms. The van der Waals surface area contributed by atoms with Gasteiger partial charge in [0.2, 0.25) is 5.91 Å². The normalized spacial score (nSPS) is 31.6. The molecule has 1 amide bonds. The van der Waals surface area contributed by atoms with E-state index in [0.29, 0.717) is 0 Å². The lowest BCUT2D eigenvalue weighted by atomic mass is 10.1. The summed E-state index contributed by atoms with van der Waals surface area (Å²) in [6.45, 7) is 1.73. The van der Waals surface area contributed by atoms with Crippen LogP contribution in [0.25, 0.3) is 0 Å². The van der Waals surface area contributed by atoms with Crippen molar-refractivity contribution in [3.8, 4) is 0 Å². The maximum Gasteiger partial charge on any atom is 0.237 e. The average molecular weight is 154 g/mol. The Morgan fingerprint density at radius 3 is 2.82 bits per heavy atom. The molecule has 0 aromatic carbocycles. The summed E-state index contributed by atoms with van der Waals surface area (Å²) in [5, 5.41) is 6.09. The molecular weight excluding hydrogens is 140 g/mol. The van der Waals surface area contributed by atoms with E-state index in [4.69, 9.17) is 0 Å². The average Bonchev–Trinajstić information content (AvgIpc) is 2.78. The first-order chi connectivity index (χ1) is 5.36. The molecule has 3 heteroatoms. The van der Waals surface area contributed by atoms with E-state index in [1.54, 1.807) is 0 Å². The van der Waals surface area contributed by atoms with Crippen LogP contribution in [0.4, 0.5) is 0 Å². The predicted molar refractivity (Wildman–Crippen MR) is 42.1 cm³/mol. The van der Waals surface area contributed by atoms with Gasteiger partial charge in [-0.1, -0.05) is 12.8 Å². The molecule has 2 aliphatic rings. The van der Waals surface area contributed by atoms with E-state index in [9.17, 15) is 4.79 Å². The third-order valence-electron chi connectivity index (χ3n) is 2.40. The monoisotopic (exact) mass is 154 g/mol. The highest BCUT2D eigenvalue weighted by atomic mass is 16.2. The molecule has 0 aromatic heterocycles. The van der Waals surface area contributed by atoms with Gasteiger partial charge in [0.1, 0.15) is 0 Å². The molecule has 1 atom stereocenters. The van der Waals surface area contributed by atoms with Gasteiger partial charge in [0.05, 0.1) is 6.04 Å². The van der Waals surface area contributed by atoms with Crippen molar-refractivity contribution in [2.75, 3.05) is 13.1 Å². The van der Waals surface area contributed by atoms with Crippen LogP contribution in [-0.2, 0) is 4.79 Å². The minimum atomic E-state index is 0.108. The number of nitrogens with one attached hydrogen (secondary N) is 2. The van der Waals surface area contributed by atoms with Gasteiger partial charge in [-0.3, -0.25) is 4.79 Å². The van der Waals surface area contributed by atoms with Gasteiger partial charge in [-0.15, -0.1) is 0 Å². The number of rotatable bonds is 2. The molecular formula is C8H14N2O. The van der Waals surface area contributed by atoms with E-state index in [-0.39, 0.29) is 11.9 Å². The first-order valence-corrected chi connectivity index (χ1v) is 4.37. The van der Waals surface area contributed by atoms with Crippen molar-refractivity contribution in [2.24, 2.45) is 5.92 Å². The summed E-state index contributed by atoms with van der Waals surface area (Å²) in [6.07, 6.45) is 3.70. The molecule has 1 saturated heterocycles. The van der Waals surface area contributed by atoms with Crippen LogP contribution in [0.5, 0.6) is 0 Å². The van der Waals surface area contributed by atoms with E-state index in [1.807, 2.05) is 0 Å². The molecule has 3 nitrogen and oxygen atoms in total. The summed E-state index contributed by atoms with van der Waals surface area (Å²) in [6, 6.07) is 0.108. The number of amides is 1. The molecule has 62 valence electrons. The molecule has 0 spiro atoms. The van der Waals surface area contributed by atoms with E-state index >= 15 is 0 Å². The molecule has 1 heterocycles. The van der Waals surface area contributed by atoms with Crippen LogP contribution >= 0.6 is 0 Å². The van der Waals surface area contributed by atoms with Crippen LogP contribution in [0.15, 0.2) is 0 Å². The maximum atomic E-state index is 11.2. The first kappa shape index (κ1) is 7.10. The Hall–Kier alpha value is -0.570. The third kappa shape index (κ3) is 1.71. The van der Waals surface area contributed by atoms with Crippen LogP contribution < -0.4 is 10.6 Å². The maximum absolute atomic E-state index is 11.2. The Labute approximate surface area is 66.5 Å². The zero-order chi connectivity index (χ0) is 7.68. The van der Waals surface area contributed by atoms with Gasteiger partial charge in [0, 0.05) is 13.1 Å². The molecule has 2 N–H and O–H groups in total. The highest BCUT2D eigenvalue weighted by molar-refractivity contribution is 5.82. The van der Waals surface area contributed by atoms with Crippen molar-refractivity contribution in [2.45, 2.75) is 25.3 Å². The third-order valence-corrected chi connectivity index (χ3v) is 2.40. The Bertz CT molecular complexity index is 165. The number of hydrogen-bond acceptors (Lipinski definition) is 2. The van der Waals surface area contributed by atoms with Gasteiger partial charge < -0.3 is 10.6 Å². The van der Waals surface area contributed by atoms with Gasteiger partial charge in [-0.05, 0) is 12.3 Å². The SMILES string of the molecule is O=C1NCCNC1CC1CC1. The molecule has 0 aromatic rings. The Balaban J connectivity index is 1.83. The number of hydrogen-bond donors (Lipinski definition) is 2. The fourth-order valence-electron chi connectivity index (χ4n) is 1.53. The van der Waals surface area contributed by atoms with Crippen molar-refractivity contribution >= 4 is 5.91 Å². The topological polar surface area (TPSA) is 41.1 Å². The zero-order valence-electron chi connectivity index (χ0n) is 6.60. The number of piperazine rings is 1. The fraction of sp³-hybridized carbons (Fsp3) is 0.875. The fourth-order valence-corrected chi connectivity index (χ4v) is 1.53. The summed E-state index contributed by atoms with van der Waals surface area (Å²) in [5.74, 6) is 1.03. The summed E-state index contributed by atoms with van der Waals surface area (Å²) in [7, 11) is 0. The summed E-state index contributed by atoms with van der Waals surface area (Å²) in [5.41, 5.74) is 0. The van der Waals surface area contributed by atoms with Crippen molar-refractivity contribution < 1.29 is 4.79 Å². The smallest absolute Gasteiger partial charge is 0.237 e. The Kier molecular flexibility index (Phi) is 1.82. The van der Waals surface area contributed by atoms with Crippen LogP contribution in [0, 0.1) is 5.92 Å². The van der Waals surface area contributed by atoms with Gasteiger partial charge in [0.25, 0.3) is 0 Å². The van der Waals surface area contributed by atoms with E-state index in [2.05, 4.69) is 10.6 Å². The van der Waals surface area contributed by atoms with Gasteiger partial charge in [-0.25, -0.2) is 0 Å². The van der Waals surface area contributed by atoms with Gasteiger partial charge >= 0.3 is 0 Å². The van der Waals surface area contributed by atoms with Crippen molar-refractivity contribution in [1.82, 2.24) is 10.6 Å². The van der Waals surface area contributed by atoms with Crippen molar-refractivity contribution in [3.63, 3.8) is 0 Å². The molecule has 2 rings (SSSR count). The quantitative estimate of drug-likeness (QED) is 0.582. The van der Waals surface area contributed by atoms with Gasteiger partial charge in [0.15, 0.2) is 0 Å². The van der Waals surface area contributed by atoms with E-state index in [0.717, 1.165) is 25.4 Å². The summed E-state index contributed by atoms with van der Waals surface area (Å²) < 4.78 is 0. The lowest BCUT2D eigenvalue weighted by Crippen LogP contribution is -2.52. The highest BCUT2D eigenvalue weighted by Gasteiger charge is 2.30. The number of carbonyl (C=O) groups excluding carboxylic acids is 1. The second-order valence-corrected chi connectivity index (χ2v) is 3.48. The van der Waals surface area contributed by atoms with E-state index in [1.165, 1.54) is 12.8 Å². The Morgan fingerprint density at radius 1 is 1.36 bits per heavy atom. The molecule has 11 heavy (non-hydrogen) atoms. The molecule has 1 aliphatic heterocycles. The molecule has 1 unspecified atom stereocenters. The lowest BCUT2D eigenvalue weighted by Gasteiger charge is -2.23. The predicted octanol–water partition coefficient (Wildman–Crippen LogP) is -0.126. The van der Waals surface area contributed by atoms with Crippen LogP contribution in [0.3, 0.4) is 0 Å². The van der Waals surface area contributed by atoms with Crippen molar-refractivity contribution in [3.05, 3.63) is 0 Å². The molecule has 1 saturated carbocycles. The van der Waals surface area contributed by atoms with Gasteiger partial charge in [-0.2, -0.15) is 0 Å². The molecule has 2 fully saturated rings. The molecule has 1 aliphatic carbocycles. The lowest BCUT2D eigenvalue weighted by molar-refractivity contribution is -0.124. The molecule has 0 radical (unpaired) electrons. The standard InChI is InChI=1S/C8H14N2O/c11-8-7(5-6-1-2-6)9-3-4-10-8/h6-7,9H,1-5H2,(H,10,11). The zero-order valence-corrected chi connectivity index (χ0v) is 6.60. The first-order valence-electron chi connectivity index (χ1n) is 4.37. The van der Waals surface area contributed by atoms with E-state index < -0.39 is 0 Å². The number of carbonyl (C=O) groups is 1. The minimum Gasteiger partial charge on any atom is -0.353 e. The summed E-state index contributed by atoms with van der Waals surface area (Å²) in [4.78, 5) is 11.2. The second-order valence-electron chi connectivity index (χ2n) is 3.48. The van der Waals surface area contributed by atoms with Crippen LogP contribution in [-0.4, -0.2) is 25.0 Å². The van der Waals surface area contributed by atoms with Crippen LogP contribution in [0.2, 0.25) is 0 Å². The van der Waals surface area contributed by atoms with Crippen molar-refractivity contribution in [1.29, 1.82) is 0 Å². The van der Waals surface area contributed by atoms with Crippen LogP contribution in [0.1, 0.15) is 19.3 Å². The minimum absolute atomic E-state index is 0.108. The highest BCUT2D eigenvalue weighted by Crippen LogP contribution is 2.33.